The van der Waals surface area contributed by atoms with Crippen LogP contribution in [0, 0.1) is 12.3 Å². The fraction of sp³-hybridized carbons (Fsp3) is 0.238. The maximum absolute atomic E-state index is 12.8. The van der Waals surface area contributed by atoms with Gasteiger partial charge in [-0.1, -0.05) is 0 Å². The minimum Gasteiger partial charge on any atom is -0.355 e. The molecule has 0 bridgehead atoms. The Balaban J connectivity index is 1.54. The Morgan fingerprint density at radius 3 is 2.57 bits per heavy atom. The Morgan fingerprint density at radius 1 is 1.17 bits per heavy atom. The average Bonchev–Trinajstić information content (AvgIpc) is 3.17. The zero-order chi connectivity index (χ0) is 21.1. The van der Waals surface area contributed by atoms with Gasteiger partial charge in [0.2, 0.25) is 0 Å². The normalized spacial score (nSPS) is 13.9. The number of hydrogen-bond donors (Lipinski definition) is 2. The summed E-state index contributed by atoms with van der Waals surface area (Å²) in [5, 5.41) is 15.8. The molecule has 1 amide bonds. The summed E-state index contributed by atoms with van der Waals surface area (Å²) in [6, 6.07) is 12.9. The maximum atomic E-state index is 12.8. The van der Waals surface area contributed by atoms with Crippen LogP contribution >= 0.6 is 27.7 Å². The molecule has 1 aliphatic rings. The predicted molar refractivity (Wildman–Crippen MR) is 124 cm³/mol. The summed E-state index contributed by atoms with van der Waals surface area (Å²) in [5.41, 5.74) is 2.79. The molecular weight excluding hydrogens is 464 g/mol. The van der Waals surface area contributed by atoms with Gasteiger partial charge in [-0.2, -0.15) is 16.9 Å². The summed E-state index contributed by atoms with van der Waals surface area (Å²) in [4.78, 5) is 19.1. The number of nitrogens with one attached hydrogen (secondary N) is 2. The molecule has 3 heterocycles. The zero-order valence-electron chi connectivity index (χ0n) is 16.4. The van der Waals surface area contributed by atoms with Crippen molar-refractivity contribution in [2.45, 2.75) is 6.92 Å². The average molecular weight is 485 g/mol. The molecule has 0 spiro atoms. The Kier molecular flexibility index (Phi) is 6.19. The van der Waals surface area contributed by atoms with Crippen LogP contribution in [0.1, 0.15) is 21.7 Å². The maximum Gasteiger partial charge on any atom is 0.275 e. The minimum absolute atomic E-state index is 0.284. The Hall–Kier alpha value is -2.65. The van der Waals surface area contributed by atoms with Crippen molar-refractivity contribution in [3.8, 4) is 5.69 Å². The van der Waals surface area contributed by atoms with Gasteiger partial charge in [-0.25, -0.2) is 9.67 Å². The quantitative estimate of drug-likeness (QED) is 0.432. The zero-order valence-corrected chi connectivity index (χ0v) is 18.8. The smallest absolute Gasteiger partial charge is 0.275 e. The van der Waals surface area contributed by atoms with Crippen molar-refractivity contribution in [1.29, 1.82) is 5.41 Å². The van der Waals surface area contributed by atoms with Gasteiger partial charge in [-0.05, 0) is 65.3 Å². The number of halogens is 1. The van der Waals surface area contributed by atoms with Crippen molar-refractivity contribution >= 4 is 45.3 Å². The molecule has 2 aromatic heterocycles. The van der Waals surface area contributed by atoms with E-state index >= 15 is 0 Å². The molecule has 1 aromatic carbocycles. The van der Waals surface area contributed by atoms with Gasteiger partial charge in [0, 0.05) is 40.8 Å². The number of aryl methyl sites for hydroxylation is 1. The monoisotopic (exact) mass is 484 g/mol. The van der Waals surface area contributed by atoms with Crippen LogP contribution in [-0.4, -0.2) is 56.0 Å². The molecule has 0 unspecified atom stereocenters. The highest BCUT2D eigenvalue weighted by molar-refractivity contribution is 9.10. The summed E-state index contributed by atoms with van der Waals surface area (Å²) in [5.74, 6) is 2.83. The van der Waals surface area contributed by atoms with Crippen LogP contribution in [0.25, 0.3) is 5.69 Å². The number of pyridine rings is 1. The second-order valence-corrected chi connectivity index (χ2v) is 9.03. The number of thioether (sulfide) groups is 1. The third-order valence-corrected chi connectivity index (χ3v) is 6.16. The lowest BCUT2D eigenvalue weighted by atomic mass is 10.1. The number of amides is 1. The number of nitrogens with zero attached hydrogens (tertiary/aromatic N) is 4. The van der Waals surface area contributed by atoms with Crippen molar-refractivity contribution in [3.63, 3.8) is 0 Å². The third-order valence-electron chi connectivity index (χ3n) is 4.75. The summed E-state index contributed by atoms with van der Waals surface area (Å²) in [6.45, 7) is 3.65. The van der Waals surface area contributed by atoms with E-state index in [0.717, 1.165) is 46.0 Å². The summed E-state index contributed by atoms with van der Waals surface area (Å²) < 4.78 is 2.46. The van der Waals surface area contributed by atoms with Crippen LogP contribution in [0.2, 0.25) is 0 Å². The van der Waals surface area contributed by atoms with E-state index in [1.165, 1.54) is 0 Å². The molecule has 1 fully saturated rings. The molecule has 30 heavy (non-hydrogen) atoms. The van der Waals surface area contributed by atoms with E-state index in [0.29, 0.717) is 17.3 Å². The highest BCUT2D eigenvalue weighted by Crippen LogP contribution is 2.18. The number of amidine groups is 1. The molecule has 0 atom stereocenters. The molecule has 2 N–H and O–H groups in total. The van der Waals surface area contributed by atoms with Gasteiger partial charge in [0.15, 0.2) is 0 Å². The molecule has 9 heteroatoms. The summed E-state index contributed by atoms with van der Waals surface area (Å²) in [7, 11) is 0. The van der Waals surface area contributed by atoms with E-state index in [2.05, 4.69) is 36.2 Å². The number of anilines is 1. The summed E-state index contributed by atoms with van der Waals surface area (Å²) >= 11 is 5.26. The molecular formula is C21H21BrN6OS. The van der Waals surface area contributed by atoms with E-state index in [4.69, 9.17) is 5.41 Å². The van der Waals surface area contributed by atoms with E-state index in [1.807, 2.05) is 49.0 Å². The fourth-order valence-corrected chi connectivity index (χ4v) is 4.36. The molecule has 1 aliphatic heterocycles. The van der Waals surface area contributed by atoms with Crippen molar-refractivity contribution < 1.29 is 4.79 Å². The van der Waals surface area contributed by atoms with Crippen molar-refractivity contribution in [2.24, 2.45) is 0 Å². The Labute approximate surface area is 187 Å². The van der Waals surface area contributed by atoms with E-state index in [-0.39, 0.29) is 5.91 Å². The first kappa shape index (κ1) is 20.6. The van der Waals surface area contributed by atoms with Gasteiger partial charge in [0.05, 0.1) is 11.4 Å². The van der Waals surface area contributed by atoms with Crippen LogP contribution in [0.4, 0.5) is 5.82 Å². The molecule has 0 aliphatic carbocycles. The van der Waals surface area contributed by atoms with Crippen molar-refractivity contribution in [2.75, 3.05) is 29.9 Å². The summed E-state index contributed by atoms with van der Waals surface area (Å²) in [6.07, 6.45) is 1.63. The lowest BCUT2D eigenvalue weighted by molar-refractivity contribution is 0.101. The lowest BCUT2D eigenvalue weighted by Crippen LogP contribution is -2.37. The van der Waals surface area contributed by atoms with Crippen LogP contribution < -0.4 is 5.32 Å². The second kappa shape index (κ2) is 9.01. The highest BCUT2D eigenvalue weighted by Gasteiger charge is 2.18. The van der Waals surface area contributed by atoms with Gasteiger partial charge >= 0.3 is 0 Å². The number of aromatic nitrogens is 3. The van der Waals surface area contributed by atoms with Gasteiger partial charge in [0.1, 0.15) is 17.3 Å². The second-order valence-electron chi connectivity index (χ2n) is 6.89. The van der Waals surface area contributed by atoms with Gasteiger partial charge in [-0.15, -0.1) is 0 Å². The number of rotatable bonds is 4. The molecule has 4 rings (SSSR count). The van der Waals surface area contributed by atoms with Crippen molar-refractivity contribution in [1.82, 2.24) is 19.7 Å². The van der Waals surface area contributed by atoms with Gasteiger partial charge in [0.25, 0.3) is 5.91 Å². The standard InChI is InChI=1S/C21H21BrN6OS/c1-14-12-18(21(29)25-19-7-4-16(22)13-24-19)28(26-14)17-5-2-15(3-6-17)20(23)27-8-10-30-11-9-27/h2-7,12-13,23H,8-11H2,1H3,(H,24,25,29). The largest absolute Gasteiger partial charge is 0.355 e. The third kappa shape index (κ3) is 4.57. The van der Waals surface area contributed by atoms with Gasteiger partial charge in [-0.3, -0.25) is 10.2 Å². The molecule has 7 nitrogen and oxygen atoms in total. The van der Waals surface area contributed by atoms with E-state index in [1.54, 1.807) is 23.0 Å². The Bertz CT molecular complexity index is 1060. The molecule has 3 aromatic rings. The predicted octanol–water partition coefficient (Wildman–Crippen LogP) is 3.96. The van der Waals surface area contributed by atoms with Crippen LogP contribution in [0.3, 0.4) is 0 Å². The number of benzene rings is 1. The lowest BCUT2D eigenvalue weighted by Gasteiger charge is -2.28. The first-order chi connectivity index (χ1) is 14.5. The van der Waals surface area contributed by atoms with Crippen LogP contribution in [-0.2, 0) is 0 Å². The number of hydrogen-bond acceptors (Lipinski definition) is 5. The fourth-order valence-electron chi connectivity index (χ4n) is 3.22. The van der Waals surface area contributed by atoms with E-state index in [9.17, 15) is 4.79 Å². The van der Waals surface area contributed by atoms with Crippen LogP contribution in [0.5, 0.6) is 0 Å². The molecule has 0 saturated carbocycles. The van der Waals surface area contributed by atoms with Gasteiger partial charge < -0.3 is 10.2 Å². The van der Waals surface area contributed by atoms with Crippen molar-refractivity contribution in [3.05, 3.63) is 70.1 Å². The molecule has 0 radical (unpaired) electrons. The minimum atomic E-state index is -0.284. The van der Waals surface area contributed by atoms with Crippen LogP contribution in [0.15, 0.2) is 53.1 Å². The molecule has 154 valence electrons. The topological polar surface area (TPSA) is 86.9 Å². The first-order valence-corrected chi connectivity index (χ1v) is 11.5. The number of carbonyl (C=O) groups excluding carboxylic acids is 1. The Morgan fingerprint density at radius 2 is 1.90 bits per heavy atom. The first-order valence-electron chi connectivity index (χ1n) is 9.53. The van der Waals surface area contributed by atoms with E-state index < -0.39 is 0 Å². The SMILES string of the molecule is Cc1cc(C(=O)Nc2ccc(Br)cn2)n(-c2ccc(C(=N)N3CCSCC3)cc2)n1. The highest BCUT2D eigenvalue weighted by atomic mass is 79.9. The number of carbonyl (C=O) groups is 1. The molecule has 1 saturated heterocycles.